The van der Waals surface area contributed by atoms with Gasteiger partial charge >= 0.3 is 0 Å². The van der Waals surface area contributed by atoms with Crippen molar-refractivity contribution in [2.24, 2.45) is 5.73 Å². The van der Waals surface area contributed by atoms with Crippen LogP contribution in [0.1, 0.15) is 31.2 Å². The lowest BCUT2D eigenvalue weighted by Gasteiger charge is -2.13. The van der Waals surface area contributed by atoms with Gasteiger partial charge in [0.15, 0.2) is 0 Å². The summed E-state index contributed by atoms with van der Waals surface area (Å²) < 4.78 is 10.7. The highest BCUT2D eigenvalue weighted by Gasteiger charge is 2.14. The molecule has 0 amide bonds. The average Bonchev–Trinajstić information content (AvgIpc) is 2.62. The smallest absolute Gasteiger partial charge is 0.126 e. The second-order valence-corrected chi connectivity index (χ2v) is 4.67. The predicted molar refractivity (Wildman–Crippen MR) is 74.0 cm³/mol. The summed E-state index contributed by atoms with van der Waals surface area (Å²) in [7, 11) is 3.38. The lowest BCUT2D eigenvalue weighted by Crippen LogP contribution is -2.15. The van der Waals surface area contributed by atoms with Gasteiger partial charge in [0.1, 0.15) is 11.5 Å². The monoisotopic (exact) mass is 247 g/mol. The molecule has 2 N–H and O–H groups in total. The van der Waals surface area contributed by atoms with Crippen LogP contribution in [0.25, 0.3) is 5.57 Å². The van der Waals surface area contributed by atoms with Crippen molar-refractivity contribution < 1.29 is 9.47 Å². The molecule has 3 nitrogen and oxygen atoms in total. The van der Waals surface area contributed by atoms with Crippen LogP contribution in [0, 0.1) is 0 Å². The van der Waals surface area contributed by atoms with Crippen molar-refractivity contribution in [1.82, 2.24) is 0 Å². The number of benzene rings is 1. The van der Waals surface area contributed by atoms with E-state index < -0.39 is 0 Å². The first-order valence-corrected chi connectivity index (χ1v) is 6.43. The Morgan fingerprint density at radius 1 is 1.17 bits per heavy atom. The Hall–Kier alpha value is -1.48. The van der Waals surface area contributed by atoms with Gasteiger partial charge in [-0.3, -0.25) is 0 Å². The minimum Gasteiger partial charge on any atom is -0.497 e. The van der Waals surface area contributed by atoms with Crippen molar-refractivity contribution in [2.75, 3.05) is 14.2 Å². The van der Waals surface area contributed by atoms with Gasteiger partial charge in [0.2, 0.25) is 0 Å². The number of hydrogen-bond acceptors (Lipinski definition) is 3. The first kappa shape index (κ1) is 13.0. The van der Waals surface area contributed by atoms with Gasteiger partial charge in [-0.15, -0.1) is 0 Å². The Morgan fingerprint density at radius 3 is 2.72 bits per heavy atom. The summed E-state index contributed by atoms with van der Waals surface area (Å²) in [5.74, 6) is 1.74. The second kappa shape index (κ2) is 5.91. The van der Waals surface area contributed by atoms with Gasteiger partial charge in [0, 0.05) is 11.6 Å². The zero-order valence-corrected chi connectivity index (χ0v) is 11.1. The van der Waals surface area contributed by atoms with E-state index in [1.54, 1.807) is 14.2 Å². The van der Waals surface area contributed by atoms with E-state index in [4.69, 9.17) is 15.2 Å². The molecule has 18 heavy (non-hydrogen) atoms. The molecule has 0 spiro atoms. The summed E-state index contributed by atoms with van der Waals surface area (Å²) in [6.07, 6.45) is 6.66. The third-order valence-electron chi connectivity index (χ3n) is 3.40. The van der Waals surface area contributed by atoms with Crippen molar-refractivity contribution in [2.45, 2.75) is 31.7 Å². The van der Waals surface area contributed by atoms with E-state index in [2.05, 4.69) is 6.08 Å². The van der Waals surface area contributed by atoms with E-state index in [1.807, 2.05) is 18.2 Å². The summed E-state index contributed by atoms with van der Waals surface area (Å²) in [6.45, 7) is 0. The van der Waals surface area contributed by atoms with Crippen molar-refractivity contribution in [3.63, 3.8) is 0 Å². The van der Waals surface area contributed by atoms with Crippen LogP contribution in [0.15, 0.2) is 24.3 Å². The molecule has 0 radical (unpaired) electrons. The maximum Gasteiger partial charge on any atom is 0.126 e. The molecule has 0 heterocycles. The van der Waals surface area contributed by atoms with Gasteiger partial charge < -0.3 is 15.2 Å². The molecular weight excluding hydrogens is 226 g/mol. The van der Waals surface area contributed by atoms with E-state index in [0.29, 0.717) is 0 Å². The molecular formula is C15H21NO2. The van der Waals surface area contributed by atoms with Crippen LogP contribution in [0.2, 0.25) is 0 Å². The van der Waals surface area contributed by atoms with E-state index in [1.165, 1.54) is 18.4 Å². The van der Waals surface area contributed by atoms with Gasteiger partial charge in [-0.05, 0) is 43.0 Å². The third kappa shape index (κ3) is 2.85. The van der Waals surface area contributed by atoms with Gasteiger partial charge in [-0.2, -0.15) is 0 Å². The van der Waals surface area contributed by atoms with Gasteiger partial charge in [0.05, 0.1) is 14.2 Å². The minimum absolute atomic E-state index is 0.151. The summed E-state index contributed by atoms with van der Waals surface area (Å²) in [6, 6.07) is 6.05. The Bertz CT molecular complexity index is 440. The van der Waals surface area contributed by atoms with Crippen LogP contribution >= 0.6 is 0 Å². The molecule has 0 saturated carbocycles. The Labute approximate surface area is 109 Å². The number of allylic oxidation sites excluding steroid dienone is 1. The normalized spacial score (nSPS) is 19.9. The quantitative estimate of drug-likeness (QED) is 0.893. The van der Waals surface area contributed by atoms with Gasteiger partial charge in [-0.1, -0.05) is 12.5 Å². The Morgan fingerprint density at radius 2 is 2.00 bits per heavy atom. The number of methoxy groups -OCH3 is 2. The summed E-state index contributed by atoms with van der Waals surface area (Å²) in [5.41, 5.74) is 8.46. The number of hydrogen-bond donors (Lipinski definition) is 1. The van der Waals surface area contributed by atoms with Crippen LogP contribution < -0.4 is 15.2 Å². The van der Waals surface area contributed by atoms with Crippen molar-refractivity contribution in [3.05, 3.63) is 29.8 Å². The SMILES string of the molecule is COc1ccc(OC)c(C2=CC(N)CCCC2)c1. The molecule has 3 heteroatoms. The molecule has 1 aliphatic rings. The van der Waals surface area contributed by atoms with Crippen LogP contribution in [0.3, 0.4) is 0 Å². The van der Waals surface area contributed by atoms with Crippen LogP contribution in [0.4, 0.5) is 0 Å². The molecule has 0 fully saturated rings. The molecule has 0 saturated heterocycles. The zero-order valence-electron chi connectivity index (χ0n) is 11.1. The topological polar surface area (TPSA) is 44.5 Å². The Kier molecular flexibility index (Phi) is 4.26. The van der Waals surface area contributed by atoms with Crippen molar-refractivity contribution in [1.29, 1.82) is 0 Å². The molecule has 0 aliphatic heterocycles. The number of nitrogens with two attached hydrogens (primary N) is 1. The van der Waals surface area contributed by atoms with Crippen LogP contribution in [0.5, 0.6) is 11.5 Å². The molecule has 1 aliphatic carbocycles. The summed E-state index contributed by atoms with van der Waals surface area (Å²) in [5, 5.41) is 0. The highest BCUT2D eigenvalue weighted by Crippen LogP contribution is 2.34. The average molecular weight is 247 g/mol. The highest BCUT2D eigenvalue weighted by molar-refractivity contribution is 5.72. The molecule has 2 rings (SSSR count). The van der Waals surface area contributed by atoms with E-state index in [9.17, 15) is 0 Å². The number of rotatable bonds is 3. The van der Waals surface area contributed by atoms with E-state index >= 15 is 0 Å². The van der Waals surface area contributed by atoms with E-state index in [-0.39, 0.29) is 6.04 Å². The molecule has 0 aromatic heterocycles. The van der Waals surface area contributed by atoms with Crippen LogP contribution in [-0.2, 0) is 0 Å². The predicted octanol–water partition coefficient (Wildman–Crippen LogP) is 2.99. The van der Waals surface area contributed by atoms with Crippen molar-refractivity contribution in [3.8, 4) is 11.5 Å². The zero-order chi connectivity index (χ0) is 13.0. The maximum absolute atomic E-state index is 6.08. The van der Waals surface area contributed by atoms with Crippen molar-refractivity contribution >= 4 is 5.57 Å². The fourth-order valence-corrected chi connectivity index (χ4v) is 2.41. The lowest BCUT2D eigenvalue weighted by molar-refractivity contribution is 0.402. The standard InChI is InChI=1S/C15H21NO2/c1-17-13-7-8-15(18-2)14(10-13)11-5-3-4-6-12(16)9-11/h7-10,12H,3-6,16H2,1-2H3. The van der Waals surface area contributed by atoms with Gasteiger partial charge in [0.25, 0.3) is 0 Å². The summed E-state index contributed by atoms with van der Waals surface area (Å²) in [4.78, 5) is 0. The fraction of sp³-hybridized carbons (Fsp3) is 0.467. The maximum atomic E-state index is 6.08. The van der Waals surface area contributed by atoms with E-state index in [0.717, 1.165) is 29.9 Å². The highest BCUT2D eigenvalue weighted by atomic mass is 16.5. The third-order valence-corrected chi connectivity index (χ3v) is 3.40. The van der Waals surface area contributed by atoms with Crippen LogP contribution in [-0.4, -0.2) is 20.3 Å². The molecule has 1 aromatic rings. The minimum atomic E-state index is 0.151. The first-order valence-electron chi connectivity index (χ1n) is 6.43. The molecule has 1 unspecified atom stereocenters. The first-order chi connectivity index (χ1) is 8.74. The second-order valence-electron chi connectivity index (χ2n) is 4.67. The fourth-order valence-electron chi connectivity index (χ4n) is 2.41. The lowest BCUT2D eigenvalue weighted by atomic mass is 9.99. The van der Waals surface area contributed by atoms with Gasteiger partial charge in [-0.25, -0.2) is 0 Å². The molecule has 0 bridgehead atoms. The molecule has 1 atom stereocenters. The summed E-state index contributed by atoms with van der Waals surface area (Å²) >= 11 is 0. The molecule has 1 aromatic carbocycles. The number of ether oxygens (including phenoxy) is 2. The Balaban J connectivity index is 2.40. The molecule has 98 valence electrons. The largest absolute Gasteiger partial charge is 0.497 e.